The van der Waals surface area contributed by atoms with Gasteiger partial charge >= 0.3 is 0 Å². The number of nitrogens with one attached hydrogen (secondary N) is 2. The molecular weight excluding hydrogens is 340 g/mol. The minimum atomic E-state index is -0.313. The van der Waals surface area contributed by atoms with Crippen LogP contribution >= 0.6 is 11.6 Å². The van der Waals surface area contributed by atoms with Crippen molar-refractivity contribution in [1.29, 1.82) is 0 Å². The SMILES string of the molecule is Cc1ccc(NC(=O)COCC(=O)N[C@H]2CCC[C@@H](C)[C@@H]2C)cc1Cl. The summed E-state index contributed by atoms with van der Waals surface area (Å²) in [4.78, 5) is 23.9. The summed E-state index contributed by atoms with van der Waals surface area (Å²) in [5, 5.41) is 6.31. The van der Waals surface area contributed by atoms with Crippen molar-refractivity contribution in [2.45, 2.75) is 46.1 Å². The molecule has 1 aromatic carbocycles. The summed E-state index contributed by atoms with van der Waals surface area (Å²) < 4.78 is 5.23. The van der Waals surface area contributed by atoms with Crippen LogP contribution in [0.2, 0.25) is 5.02 Å². The van der Waals surface area contributed by atoms with Crippen molar-refractivity contribution in [3.63, 3.8) is 0 Å². The lowest BCUT2D eigenvalue weighted by Crippen LogP contribution is -2.45. The average molecular weight is 367 g/mol. The normalized spacial score (nSPS) is 23.1. The van der Waals surface area contributed by atoms with Crippen molar-refractivity contribution in [2.24, 2.45) is 11.8 Å². The summed E-state index contributed by atoms with van der Waals surface area (Å²) in [6.45, 7) is 6.01. The molecule has 0 aromatic heterocycles. The molecule has 0 heterocycles. The summed E-state index contributed by atoms with van der Waals surface area (Å²) in [5.74, 6) is 0.601. The van der Waals surface area contributed by atoms with E-state index in [9.17, 15) is 9.59 Å². The minimum Gasteiger partial charge on any atom is -0.362 e. The highest BCUT2D eigenvalue weighted by Crippen LogP contribution is 2.29. The van der Waals surface area contributed by atoms with Crippen LogP contribution < -0.4 is 10.6 Å². The van der Waals surface area contributed by atoms with Crippen molar-refractivity contribution < 1.29 is 14.3 Å². The smallest absolute Gasteiger partial charge is 0.250 e. The second kappa shape index (κ2) is 9.20. The number of benzene rings is 1. The third kappa shape index (κ3) is 6.01. The van der Waals surface area contributed by atoms with E-state index in [0.29, 0.717) is 22.5 Å². The van der Waals surface area contributed by atoms with E-state index in [4.69, 9.17) is 16.3 Å². The van der Waals surface area contributed by atoms with E-state index in [2.05, 4.69) is 24.5 Å². The van der Waals surface area contributed by atoms with Crippen LogP contribution in [0.5, 0.6) is 0 Å². The van der Waals surface area contributed by atoms with E-state index in [-0.39, 0.29) is 31.1 Å². The van der Waals surface area contributed by atoms with Gasteiger partial charge in [-0.1, -0.05) is 44.4 Å². The Balaban J connectivity index is 1.69. The highest BCUT2D eigenvalue weighted by Gasteiger charge is 2.28. The summed E-state index contributed by atoms with van der Waals surface area (Å²) in [6, 6.07) is 5.49. The fraction of sp³-hybridized carbons (Fsp3) is 0.579. The van der Waals surface area contributed by atoms with Crippen LogP contribution in [0.15, 0.2) is 18.2 Å². The zero-order valence-corrected chi connectivity index (χ0v) is 15.9. The largest absolute Gasteiger partial charge is 0.362 e. The van der Waals surface area contributed by atoms with Gasteiger partial charge < -0.3 is 15.4 Å². The molecule has 1 aliphatic rings. The van der Waals surface area contributed by atoms with Crippen molar-refractivity contribution >= 4 is 29.1 Å². The van der Waals surface area contributed by atoms with Crippen LogP contribution in [0.3, 0.4) is 0 Å². The van der Waals surface area contributed by atoms with Gasteiger partial charge in [0.25, 0.3) is 0 Å². The van der Waals surface area contributed by atoms with Gasteiger partial charge in [-0.3, -0.25) is 9.59 Å². The van der Waals surface area contributed by atoms with Gasteiger partial charge in [-0.05, 0) is 42.9 Å². The number of carbonyl (C=O) groups excluding carboxylic acids is 2. The van der Waals surface area contributed by atoms with Crippen LogP contribution in [0.4, 0.5) is 5.69 Å². The van der Waals surface area contributed by atoms with Crippen molar-refractivity contribution in [2.75, 3.05) is 18.5 Å². The standard InChI is InChI=1S/C19H27ClN2O3/c1-12-5-4-6-17(14(12)3)22-19(24)11-25-10-18(23)21-15-8-7-13(2)16(20)9-15/h7-9,12,14,17H,4-6,10-11H2,1-3H3,(H,21,23)(H,22,24)/t12-,14+,17+/m1/s1. The molecule has 1 fully saturated rings. The fourth-order valence-electron chi connectivity index (χ4n) is 3.14. The maximum Gasteiger partial charge on any atom is 0.250 e. The third-order valence-electron chi connectivity index (χ3n) is 4.98. The van der Waals surface area contributed by atoms with Crippen molar-refractivity contribution in [3.8, 4) is 0 Å². The maximum atomic E-state index is 12.0. The van der Waals surface area contributed by atoms with Gasteiger partial charge in [0.05, 0.1) is 0 Å². The van der Waals surface area contributed by atoms with Gasteiger partial charge in [-0.2, -0.15) is 0 Å². The molecule has 5 nitrogen and oxygen atoms in total. The topological polar surface area (TPSA) is 67.4 Å². The van der Waals surface area contributed by atoms with Gasteiger partial charge in [0.1, 0.15) is 13.2 Å². The number of halogens is 1. The predicted molar refractivity (Wildman–Crippen MR) is 99.7 cm³/mol. The fourth-order valence-corrected chi connectivity index (χ4v) is 3.32. The third-order valence-corrected chi connectivity index (χ3v) is 5.38. The molecule has 0 spiro atoms. The molecule has 3 atom stereocenters. The lowest BCUT2D eigenvalue weighted by atomic mass is 9.78. The first kappa shape index (κ1) is 19.7. The Bertz CT molecular complexity index is 621. The molecule has 0 bridgehead atoms. The van der Waals surface area contributed by atoms with Gasteiger partial charge in [0.15, 0.2) is 0 Å². The number of rotatable bonds is 6. The van der Waals surface area contributed by atoms with E-state index < -0.39 is 0 Å². The van der Waals surface area contributed by atoms with Gasteiger partial charge in [-0.25, -0.2) is 0 Å². The molecule has 2 rings (SSSR count). The molecule has 1 saturated carbocycles. The highest BCUT2D eigenvalue weighted by atomic mass is 35.5. The molecule has 0 saturated heterocycles. The van der Waals surface area contributed by atoms with E-state index >= 15 is 0 Å². The van der Waals surface area contributed by atoms with E-state index in [1.54, 1.807) is 12.1 Å². The molecule has 1 aliphatic carbocycles. The van der Waals surface area contributed by atoms with Gasteiger partial charge in [-0.15, -0.1) is 0 Å². The van der Waals surface area contributed by atoms with Crippen LogP contribution in [0, 0.1) is 18.8 Å². The number of carbonyl (C=O) groups is 2. The Labute approximate surface area is 154 Å². The first-order chi connectivity index (χ1) is 11.9. The summed E-state index contributed by atoms with van der Waals surface area (Å²) in [6.07, 6.45) is 3.36. The van der Waals surface area contributed by atoms with E-state index in [0.717, 1.165) is 18.4 Å². The van der Waals surface area contributed by atoms with Crippen molar-refractivity contribution in [3.05, 3.63) is 28.8 Å². The number of hydrogen-bond donors (Lipinski definition) is 2. The van der Waals surface area contributed by atoms with Crippen molar-refractivity contribution in [1.82, 2.24) is 5.32 Å². The van der Waals surface area contributed by atoms with Gasteiger partial charge in [0, 0.05) is 16.8 Å². The van der Waals surface area contributed by atoms with E-state index in [1.807, 2.05) is 13.0 Å². The molecule has 0 unspecified atom stereocenters. The number of anilines is 1. The zero-order valence-electron chi connectivity index (χ0n) is 15.1. The number of aryl methyl sites for hydroxylation is 1. The highest BCUT2D eigenvalue weighted by molar-refractivity contribution is 6.31. The molecule has 138 valence electrons. The molecular formula is C19H27ClN2O3. The summed E-state index contributed by atoms with van der Waals surface area (Å²) >= 11 is 6.02. The Morgan fingerprint density at radius 2 is 1.92 bits per heavy atom. The average Bonchev–Trinajstić information content (AvgIpc) is 2.55. The quantitative estimate of drug-likeness (QED) is 0.809. The lowest BCUT2D eigenvalue weighted by molar-refractivity contribution is -0.129. The monoisotopic (exact) mass is 366 g/mol. The van der Waals surface area contributed by atoms with E-state index in [1.165, 1.54) is 6.42 Å². The second-order valence-electron chi connectivity index (χ2n) is 6.95. The molecule has 0 radical (unpaired) electrons. The maximum absolute atomic E-state index is 12.0. The molecule has 1 aromatic rings. The molecule has 25 heavy (non-hydrogen) atoms. The zero-order chi connectivity index (χ0) is 18.4. The van der Waals surface area contributed by atoms with Gasteiger partial charge in [0.2, 0.25) is 11.8 Å². The van der Waals surface area contributed by atoms with Crippen LogP contribution in [-0.2, 0) is 14.3 Å². The minimum absolute atomic E-state index is 0.111. The summed E-state index contributed by atoms with van der Waals surface area (Å²) in [5.41, 5.74) is 1.55. The predicted octanol–water partition coefficient (Wildman–Crippen LogP) is 3.54. The van der Waals surface area contributed by atoms with Crippen LogP contribution in [-0.4, -0.2) is 31.1 Å². The number of amides is 2. The molecule has 2 amide bonds. The number of hydrogen-bond acceptors (Lipinski definition) is 3. The molecule has 2 N–H and O–H groups in total. The first-order valence-corrected chi connectivity index (χ1v) is 9.17. The first-order valence-electron chi connectivity index (χ1n) is 8.80. The Morgan fingerprint density at radius 1 is 1.20 bits per heavy atom. The Morgan fingerprint density at radius 3 is 2.64 bits per heavy atom. The second-order valence-corrected chi connectivity index (χ2v) is 7.35. The Hall–Kier alpha value is -1.59. The van der Waals surface area contributed by atoms with Crippen LogP contribution in [0.1, 0.15) is 38.7 Å². The number of ether oxygens (including phenoxy) is 1. The lowest BCUT2D eigenvalue weighted by Gasteiger charge is -2.34. The van der Waals surface area contributed by atoms with Crippen LogP contribution in [0.25, 0.3) is 0 Å². The Kier molecular flexibility index (Phi) is 7.26. The molecule has 0 aliphatic heterocycles. The molecule has 6 heteroatoms. The summed E-state index contributed by atoms with van der Waals surface area (Å²) in [7, 11) is 0.